The minimum absolute atomic E-state index is 0.0511. The van der Waals surface area contributed by atoms with E-state index in [0.717, 1.165) is 8.45 Å². The fraction of sp³-hybridized carbons (Fsp3) is 0.0909. The molecule has 16 heavy (non-hydrogen) atoms. The van der Waals surface area contributed by atoms with Crippen LogP contribution in [0, 0.1) is 3.57 Å². The zero-order valence-corrected chi connectivity index (χ0v) is 11.3. The van der Waals surface area contributed by atoms with Crippen LogP contribution in [0.15, 0.2) is 36.0 Å². The summed E-state index contributed by atoms with van der Waals surface area (Å²) >= 11 is 3.75. The molecule has 2 rings (SSSR count). The van der Waals surface area contributed by atoms with E-state index >= 15 is 0 Å². The van der Waals surface area contributed by atoms with Crippen LogP contribution in [0.5, 0.6) is 0 Å². The van der Waals surface area contributed by atoms with Gasteiger partial charge in [-0.2, -0.15) is 0 Å². The maximum absolute atomic E-state index is 11.7. The number of halogens is 1. The van der Waals surface area contributed by atoms with Gasteiger partial charge in [-0.25, -0.2) is 0 Å². The van der Waals surface area contributed by atoms with Gasteiger partial charge >= 0.3 is 0 Å². The number of nitrogens with one attached hydrogen (secondary N) is 1. The van der Waals surface area contributed by atoms with Crippen LogP contribution in [0.25, 0.3) is 0 Å². The minimum Gasteiger partial charge on any atom is -0.347 e. The number of aromatic nitrogens is 1. The van der Waals surface area contributed by atoms with Crippen molar-refractivity contribution in [3.05, 3.63) is 50.0 Å². The second-order valence-electron chi connectivity index (χ2n) is 3.16. The Bertz CT molecular complexity index is 467. The van der Waals surface area contributed by atoms with Crippen molar-refractivity contribution in [3.8, 4) is 0 Å². The van der Waals surface area contributed by atoms with Gasteiger partial charge < -0.3 is 5.32 Å². The molecule has 2 aromatic rings. The largest absolute Gasteiger partial charge is 0.347 e. The molecule has 1 aromatic heterocycles. The summed E-state index contributed by atoms with van der Waals surface area (Å²) in [6.45, 7) is 0.537. The van der Waals surface area contributed by atoms with Crippen molar-refractivity contribution in [1.29, 1.82) is 0 Å². The van der Waals surface area contributed by atoms with E-state index in [4.69, 9.17) is 0 Å². The third-order valence-corrected chi connectivity index (χ3v) is 3.51. The summed E-state index contributed by atoms with van der Waals surface area (Å²) in [5, 5.41) is 2.85. The smallest absolute Gasteiger partial charge is 0.251 e. The molecule has 0 aliphatic carbocycles. The molecular weight excluding hydrogens is 335 g/mol. The highest BCUT2D eigenvalue weighted by Gasteiger charge is 2.04. The first-order valence-corrected chi connectivity index (χ1v) is 6.62. The molecule has 0 unspecified atom stereocenters. The number of hydrogen-bond acceptors (Lipinski definition) is 3. The molecule has 82 valence electrons. The molecular formula is C11H9IN2OS. The summed E-state index contributed by atoms with van der Waals surface area (Å²) in [5.41, 5.74) is 2.44. The molecule has 0 aliphatic heterocycles. The van der Waals surface area contributed by atoms with Crippen LogP contribution in [0.2, 0.25) is 0 Å². The summed E-state index contributed by atoms with van der Waals surface area (Å²) < 4.78 is 1.12. The highest BCUT2D eigenvalue weighted by atomic mass is 127. The minimum atomic E-state index is -0.0511. The highest BCUT2D eigenvalue weighted by Crippen LogP contribution is 2.08. The molecule has 3 nitrogen and oxygen atoms in total. The molecule has 0 atom stereocenters. The zero-order chi connectivity index (χ0) is 11.4. The van der Waals surface area contributed by atoms with Crippen molar-refractivity contribution >= 4 is 39.8 Å². The van der Waals surface area contributed by atoms with E-state index in [2.05, 4.69) is 32.9 Å². The lowest BCUT2D eigenvalue weighted by Crippen LogP contribution is -2.22. The molecule has 0 saturated heterocycles. The first-order chi connectivity index (χ1) is 7.75. The first-order valence-electron chi connectivity index (χ1n) is 4.67. The Labute approximate surface area is 111 Å². The Balaban J connectivity index is 1.95. The Morgan fingerprint density at radius 1 is 1.38 bits per heavy atom. The van der Waals surface area contributed by atoms with Crippen molar-refractivity contribution in [2.24, 2.45) is 0 Å². The number of benzene rings is 1. The van der Waals surface area contributed by atoms with E-state index in [0.29, 0.717) is 12.1 Å². The van der Waals surface area contributed by atoms with Crippen molar-refractivity contribution in [2.75, 3.05) is 0 Å². The molecule has 1 aromatic carbocycles. The van der Waals surface area contributed by atoms with E-state index in [1.165, 1.54) is 11.3 Å². The van der Waals surface area contributed by atoms with E-state index in [-0.39, 0.29) is 5.91 Å². The SMILES string of the molecule is O=C(NCc1cncs1)c1ccc(I)cc1. The number of rotatable bonds is 3. The summed E-state index contributed by atoms with van der Waals surface area (Å²) in [6.07, 6.45) is 1.76. The van der Waals surface area contributed by atoms with Gasteiger partial charge in [0.25, 0.3) is 5.91 Å². The zero-order valence-electron chi connectivity index (χ0n) is 8.31. The van der Waals surface area contributed by atoms with E-state index in [1.807, 2.05) is 24.3 Å². The maximum Gasteiger partial charge on any atom is 0.251 e. The lowest BCUT2D eigenvalue weighted by atomic mass is 10.2. The van der Waals surface area contributed by atoms with Gasteiger partial charge in [0.1, 0.15) is 0 Å². The molecule has 0 radical (unpaired) electrons. The average molecular weight is 344 g/mol. The summed E-state index contributed by atoms with van der Waals surface area (Å²) in [6, 6.07) is 7.48. The van der Waals surface area contributed by atoms with Crippen molar-refractivity contribution in [1.82, 2.24) is 10.3 Å². The fourth-order valence-corrected chi connectivity index (χ4v) is 2.09. The van der Waals surface area contributed by atoms with Crippen LogP contribution < -0.4 is 5.32 Å². The van der Waals surface area contributed by atoms with Gasteiger partial charge in [-0.15, -0.1) is 11.3 Å². The Hall–Kier alpha value is -0.950. The molecule has 1 heterocycles. The lowest BCUT2D eigenvalue weighted by Gasteiger charge is -2.03. The molecule has 1 amide bonds. The second kappa shape index (κ2) is 5.40. The normalized spacial score (nSPS) is 10.1. The predicted molar refractivity (Wildman–Crippen MR) is 72.4 cm³/mol. The van der Waals surface area contributed by atoms with Crippen molar-refractivity contribution in [2.45, 2.75) is 6.54 Å². The topological polar surface area (TPSA) is 42.0 Å². The fourth-order valence-electron chi connectivity index (χ4n) is 1.20. The highest BCUT2D eigenvalue weighted by molar-refractivity contribution is 14.1. The standard InChI is InChI=1S/C11H9IN2OS/c12-9-3-1-8(2-4-9)11(15)14-6-10-5-13-7-16-10/h1-5,7H,6H2,(H,14,15). The molecule has 0 spiro atoms. The van der Waals surface area contributed by atoms with E-state index < -0.39 is 0 Å². The van der Waals surface area contributed by atoms with Crippen LogP contribution in [0.1, 0.15) is 15.2 Å². The van der Waals surface area contributed by atoms with Crippen LogP contribution >= 0.6 is 33.9 Å². The summed E-state index contributed by atoms with van der Waals surface area (Å²) in [4.78, 5) is 16.7. The van der Waals surface area contributed by atoms with Crippen LogP contribution in [-0.4, -0.2) is 10.9 Å². The van der Waals surface area contributed by atoms with Gasteiger partial charge in [-0.3, -0.25) is 9.78 Å². The first kappa shape index (κ1) is 11.5. The Morgan fingerprint density at radius 2 is 2.12 bits per heavy atom. The van der Waals surface area contributed by atoms with E-state index in [1.54, 1.807) is 11.7 Å². The number of hydrogen-bond donors (Lipinski definition) is 1. The third-order valence-electron chi connectivity index (χ3n) is 2.01. The monoisotopic (exact) mass is 344 g/mol. The van der Waals surface area contributed by atoms with Crippen LogP contribution in [0.4, 0.5) is 0 Å². The summed E-state index contributed by atoms with van der Waals surface area (Å²) in [7, 11) is 0. The third kappa shape index (κ3) is 3.02. The lowest BCUT2D eigenvalue weighted by molar-refractivity contribution is 0.0951. The number of amides is 1. The maximum atomic E-state index is 11.7. The van der Waals surface area contributed by atoms with Crippen molar-refractivity contribution < 1.29 is 4.79 Å². The molecule has 0 fully saturated rings. The second-order valence-corrected chi connectivity index (χ2v) is 5.37. The Kier molecular flexibility index (Phi) is 3.89. The van der Waals surface area contributed by atoms with Gasteiger partial charge in [0, 0.05) is 20.2 Å². The van der Waals surface area contributed by atoms with E-state index in [9.17, 15) is 4.79 Å². The van der Waals surface area contributed by atoms with Crippen LogP contribution in [0.3, 0.4) is 0 Å². The number of thiazole rings is 1. The molecule has 1 N–H and O–H groups in total. The average Bonchev–Trinajstić information content (AvgIpc) is 2.80. The van der Waals surface area contributed by atoms with Gasteiger partial charge in [0.15, 0.2) is 0 Å². The molecule has 0 aliphatic rings. The van der Waals surface area contributed by atoms with Crippen LogP contribution in [-0.2, 0) is 6.54 Å². The van der Waals surface area contributed by atoms with Gasteiger partial charge in [0.05, 0.1) is 12.1 Å². The van der Waals surface area contributed by atoms with Gasteiger partial charge in [-0.05, 0) is 46.9 Å². The number of carbonyl (C=O) groups is 1. The number of nitrogens with zero attached hydrogens (tertiary/aromatic N) is 1. The summed E-state index contributed by atoms with van der Waals surface area (Å²) in [5.74, 6) is -0.0511. The predicted octanol–water partition coefficient (Wildman–Crippen LogP) is 2.68. The molecule has 0 bridgehead atoms. The van der Waals surface area contributed by atoms with Gasteiger partial charge in [0.2, 0.25) is 0 Å². The van der Waals surface area contributed by atoms with Gasteiger partial charge in [-0.1, -0.05) is 0 Å². The molecule has 0 saturated carbocycles. The Morgan fingerprint density at radius 3 is 2.75 bits per heavy atom. The quantitative estimate of drug-likeness (QED) is 0.870. The van der Waals surface area contributed by atoms with Crippen molar-refractivity contribution in [3.63, 3.8) is 0 Å². The number of carbonyl (C=O) groups excluding carboxylic acids is 1. The molecule has 5 heteroatoms.